The van der Waals surface area contributed by atoms with Crippen LogP contribution in [0.15, 0.2) is 18.5 Å². The molecule has 0 spiro atoms. The van der Waals surface area contributed by atoms with Gasteiger partial charge in [0.25, 0.3) is 0 Å². The summed E-state index contributed by atoms with van der Waals surface area (Å²) in [5.41, 5.74) is 1.33. The number of urea groups is 1. The molecule has 10 heteroatoms. The molecule has 1 saturated heterocycles. The van der Waals surface area contributed by atoms with Gasteiger partial charge in [0.1, 0.15) is 5.52 Å². The van der Waals surface area contributed by atoms with Crippen LogP contribution < -0.4 is 10.6 Å². The first-order valence-electron chi connectivity index (χ1n) is 7.72. The van der Waals surface area contributed by atoms with Crippen molar-refractivity contribution in [3.63, 3.8) is 0 Å². The Kier molecular flexibility index (Phi) is 4.67. The normalized spacial score (nSPS) is 19.3. The molecule has 1 atom stereocenters. The maximum atomic E-state index is 12.0. The van der Waals surface area contributed by atoms with E-state index >= 15 is 0 Å². The van der Waals surface area contributed by atoms with Gasteiger partial charge in [-0.3, -0.25) is 5.32 Å². The minimum atomic E-state index is -3.18. The molecule has 1 aliphatic rings. The van der Waals surface area contributed by atoms with Crippen LogP contribution in [0.1, 0.15) is 12.8 Å². The lowest BCUT2D eigenvalue weighted by Gasteiger charge is -2.30. The van der Waals surface area contributed by atoms with Crippen LogP contribution in [0.5, 0.6) is 0 Å². The standard InChI is InChI=1S/C14H20N6O3S/c1-24(22,23)20-6-2-3-10(9-20)7-17-14(21)19-12-8-16-13-11(18-12)4-5-15-13/h4-5,8,10H,2-3,6-7,9H2,1H3,(H,15,16)(H2,17,18,19,21). The number of nitrogens with zero attached hydrogens (tertiary/aromatic N) is 3. The smallest absolute Gasteiger partial charge is 0.320 e. The molecule has 1 unspecified atom stereocenters. The van der Waals surface area contributed by atoms with Crippen LogP contribution in [0.3, 0.4) is 0 Å². The number of aromatic amines is 1. The number of nitrogens with one attached hydrogen (secondary N) is 3. The number of fused-ring (bicyclic) bond motifs is 1. The maximum Gasteiger partial charge on any atom is 0.320 e. The van der Waals surface area contributed by atoms with Crippen molar-refractivity contribution < 1.29 is 13.2 Å². The van der Waals surface area contributed by atoms with Gasteiger partial charge in [0.15, 0.2) is 11.5 Å². The predicted molar refractivity (Wildman–Crippen MR) is 90.1 cm³/mol. The van der Waals surface area contributed by atoms with Gasteiger partial charge in [-0.05, 0) is 24.8 Å². The highest BCUT2D eigenvalue weighted by Crippen LogP contribution is 2.18. The number of piperidine rings is 1. The van der Waals surface area contributed by atoms with Gasteiger partial charge in [0.2, 0.25) is 10.0 Å². The number of anilines is 1. The second kappa shape index (κ2) is 6.73. The SMILES string of the molecule is CS(=O)(=O)N1CCCC(CNC(=O)Nc2cnc3[nH]ccc3n2)C1. The van der Waals surface area contributed by atoms with E-state index in [4.69, 9.17) is 0 Å². The van der Waals surface area contributed by atoms with Crippen LogP contribution in [-0.2, 0) is 10.0 Å². The van der Waals surface area contributed by atoms with Gasteiger partial charge in [-0.25, -0.2) is 27.5 Å². The van der Waals surface area contributed by atoms with E-state index in [1.54, 1.807) is 12.3 Å². The van der Waals surface area contributed by atoms with Crippen LogP contribution in [0.2, 0.25) is 0 Å². The predicted octanol–water partition coefficient (Wildman–Crippen LogP) is 0.751. The summed E-state index contributed by atoms with van der Waals surface area (Å²) in [6, 6.07) is 1.39. The van der Waals surface area contributed by atoms with Crippen molar-refractivity contribution in [1.29, 1.82) is 0 Å². The van der Waals surface area contributed by atoms with Crippen LogP contribution in [-0.4, -0.2) is 59.6 Å². The van der Waals surface area contributed by atoms with Crippen molar-refractivity contribution in [2.45, 2.75) is 12.8 Å². The molecule has 3 N–H and O–H groups in total. The number of carbonyl (C=O) groups is 1. The van der Waals surface area contributed by atoms with Gasteiger partial charge < -0.3 is 10.3 Å². The van der Waals surface area contributed by atoms with Crippen LogP contribution in [0, 0.1) is 5.92 Å². The van der Waals surface area contributed by atoms with Gasteiger partial charge in [-0.2, -0.15) is 0 Å². The Morgan fingerprint density at radius 3 is 3.12 bits per heavy atom. The van der Waals surface area contributed by atoms with Crippen molar-refractivity contribution in [3.05, 3.63) is 18.5 Å². The van der Waals surface area contributed by atoms with Gasteiger partial charge in [0.05, 0.1) is 12.5 Å². The second-order valence-corrected chi connectivity index (χ2v) is 7.91. The molecular formula is C14H20N6O3S. The number of rotatable bonds is 4. The summed E-state index contributed by atoms with van der Waals surface area (Å²) in [4.78, 5) is 23.3. The van der Waals surface area contributed by atoms with E-state index < -0.39 is 10.0 Å². The quantitative estimate of drug-likeness (QED) is 0.750. The average Bonchev–Trinajstić information content (AvgIpc) is 3.00. The van der Waals surface area contributed by atoms with Crippen molar-refractivity contribution in [2.24, 2.45) is 5.92 Å². The molecule has 2 aromatic heterocycles. The zero-order valence-electron chi connectivity index (χ0n) is 13.3. The Balaban J connectivity index is 1.51. The molecule has 0 radical (unpaired) electrons. The Hall–Kier alpha value is -2.20. The van der Waals surface area contributed by atoms with Crippen LogP contribution in [0.25, 0.3) is 11.2 Å². The van der Waals surface area contributed by atoms with Crippen molar-refractivity contribution in [2.75, 3.05) is 31.2 Å². The fourth-order valence-corrected chi connectivity index (χ4v) is 3.73. The van der Waals surface area contributed by atoms with E-state index in [-0.39, 0.29) is 11.9 Å². The zero-order chi connectivity index (χ0) is 17.2. The maximum absolute atomic E-state index is 12.0. The monoisotopic (exact) mass is 352 g/mol. The third-order valence-electron chi connectivity index (χ3n) is 4.00. The highest BCUT2D eigenvalue weighted by molar-refractivity contribution is 7.88. The van der Waals surface area contributed by atoms with Crippen molar-refractivity contribution in [1.82, 2.24) is 24.6 Å². The van der Waals surface area contributed by atoms with E-state index in [9.17, 15) is 13.2 Å². The van der Waals surface area contributed by atoms with E-state index in [0.717, 1.165) is 12.8 Å². The Morgan fingerprint density at radius 1 is 1.50 bits per heavy atom. The molecule has 9 nitrogen and oxygen atoms in total. The Bertz CT molecular complexity index is 834. The van der Waals surface area contributed by atoms with Crippen LogP contribution >= 0.6 is 0 Å². The van der Waals surface area contributed by atoms with E-state index in [0.29, 0.717) is 36.6 Å². The summed E-state index contributed by atoms with van der Waals surface area (Å²) in [5.74, 6) is 0.471. The molecule has 3 heterocycles. The minimum absolute atomic E-state index is 0.109. The summed E-state index contributed by atoms with van der Waals surface area (Å²) in [6.07, 6.45) is 6.11. The molecule has 2 aromatic rings. The molecular weight excluding hydrogens is 332 g/mol. The molecule has 24 heavy (non-hydrogen) atoms. The fraction of sp³-hybridized carbons (Fsp3) is 0.500. The van der Waals surface area contributed by atoms with Gasteiger partial charge >= 0.3 is 6.03 Å². The lowest BCUT2D eigenvalue weighted by atomic mass is 10.00. The van der Waals surface area contributed by atoms with E-state index in [1.807, 2.05) is 0 Å². The largest absolute Gasteiger partial charge is 0.345 e. The highest BCUT2D eigenvalue weighted by Gasteiger charge is 2.26. The molecule has 1 aliphatic heterocycles. The second-order valence-electron chi connectivity index (χ2n) is 5.93. The van der Waals surface area contributed by atoms with Crippen molar-refractivity contribution >= 4 is 33.0 Å². The summed E-state index contributed by atoms with van der Waals surface area (Å²) in [5, 5.41) is 5.40. The highest BCUT2D eigenvalue weighted by atomic mass is 32.2. The number of sulfonamides is 1. The van der Waals surface area contributed by atoms with Gasteiger partial charge in [-0.15, -0.1) is 0 Å². The average molecular weight is 352 g/mol. The molecule has 1 fully saturated rings. The number of carbonyl (C=O) groups excluding carboxylic acids is 1. The summed E-state index contributed by atoms with van der Waals surface area (Å²) >= 11 is 0. The number of H-pyrrole nitrogens is 1. The number of aromatic nitrogens is 3. The summed E-state index contributed by atoms with van der Waals surface area (Å²) in [6.45, 7) is 1.40. The first kappa shape index (κ1) is 16.7. The van der Waals surface area contributed by atoms with Gasteiger partial charge in [0, 0.05) is 25.8 Å². The summed E-state index contributed by atoms with van der Waals surface area (Å²) < 4.78 is 24.7. The third kappa shape index (κ3) is 4.01. The Morgan fingerprint density at radius 2 is 2.33 bits per heavy atom. The van der Waals surface area contributed by atoms with Crippen molar-refractivity contribution in [3.8, 4) is 0 Å². The molecule has 130 valence electrons. The molecule has 3 rings (SSSR count). The molecule has 0 saturated carbocycles. The number of hydrogen-bond donors (Lipinski definition) is 3. The van der Waals surface area contributed by atoms with Crippen LogP contribution in [0.4, 0.5) is 10.6 Å². The molecule has 2 amide bonds. The van der Waals surface area contributed by atoms with E-state index in [2.05, 4.69) is 25.6 Å². The molecule has 0 aliphatic carbocycles. The molecule has 0 aromatic carbocycles. The minimum Gasteiger partial charge on any atom is -0.345 e. The molecule has 0 bridgehead atoms. The third-order valence-corrected chi connectivity index (χ3v) is 5.27. The number of amides is 2. The fourth-order valence-electron chi connectivity index (χ4n) is 2.78. The first-order valence-corrected chi connectivity index (χ1v) is 9.57. The van der Waals surface area contributed by atoms with Gasteiger partial charge in [-0.1, -0.05) is 0 Å². The number of hydrogen-bond acceptors (Lipinski definition) is 5. The Labute approximate surface area is 139 Å². The first-order chi connectivity index (χ1) is 11.4. The topological polar surface area (TPSA) is 120 Å². The van der Waals surface area contributed by atoms with E-state index in [1.165, 1.54) is 16.8 Å². The lowest BCUT2D eigenvalue weighted by Crippen LogP contribution is -2.43. The lowest BCUT2D eigenvalue weighted by molar-refractivity contribution is 0.239. The summed E-state index contributed by atoms with van der Waals surface area (Å²) in [7, 11) is -3.18. The zero-order valence-corrected chi connectivity index (χ0v) is 14.1.